The maximum atomic E-state index is 12.6. The van der Waals surface area contributed by atoms with Crippen molar-refractivity contribution in [1.82, 2.24) is 14.7 Å². The van der Waals surface area contributed by atoms with Crippen molar-refractivity contribution in [2.45, 2.75) is 19.9 Å². The molecule has 5 nitrogen and oxygen atoms in total. The van der Waals surface area contributed by atoms with Crippen LogP contribution in [-0.4, -0.2) is 27.6 Å². The largest absolute Gasteiger partial charge is 0.395 e. The summed E-state index contributed by atoms with van der Waals surface area (Å²) in [6, 6.07) is 7.46. The van der Waals surface area contributed by atoms with E-state index in [2.05, 4.69) is 5.10 Å². The van der Waals surface area contributed by atoms with Crippen LogP contribution in [0.15, 0.2) is 24.3 Å². The fourth-order valence-electron chi connectivity index (χ4n) is 2.25. The monoisotopic (exact) mass is 306 g/mol. The molecule has 0 aliphatic rings. The molecule has 0 saturated carbocycles. The SMILES string of the molecule is CCc1nn(C)c(C(=O)N(C)Cc2ccccc2Cl)c1N. The summed E-state index contributed by atoms with van der Waals surface area (Å²) in [6.45, 7) is 2.38. The highest BCUT2D eigenvalue weighted by atomic mass is 35.5. The first-order valence-corrected chi connectivity index (χ1v) is 7.13. The van der Waals surface area contributed by atoms with Gasteiger partial charge in [-0.1, -0.05) is 36.7 Å². The standard InChI is InChI=1S/C15H19ClN4O/c1-4-12-13(17)14(20(3)18-12)15(21)19(2)9-10-7-5-6-8-11(10)16/h5-8H,4,9,17H2,1-3H3. The van der Waals surface area contributed by atoms with Gasteiger partial charge in [0.1, 0.15) is 5.69 Å². The van der Waals surface area contributed by atoms with Crippen LogP contribution < -0.4 is 5.73 Å². The number of hydrogen-bond acceptors (Lipinski definition) is 3. The number of amides is 1. The number of carbonyl (C=O) groups excluding carboxylic acids is 1. The van der Waals surface area contributed by atoms with Gasteiger partial charge < -0.3 is 10.6 Å². The molecule has 0 radical (unpaired) electrons. The summed E-state index contributed by atoms with van der Waals surface area (Å²) in [7, 11) is 3.45. The molecule has 0 spiro atoms. The number of hydrogen-bond donors (Lipinski definition) is 1. The highest BCUT2D eigenvalue weighted by Crippen LogP contribution is 2.21. The average Bonchev–Trinajstić information content (AvgIpc) is 2.75. The van der Waals surface area contributed by atoms with E-state index >= 15 is 0 Å². The van der Waals surface area contributed by atoms with Crippen LogP contribution in [0.3, 0.4) is 0 Å². The van der Waals surface area contributed by atoms with E-state index in [0.717, 1.165) is 11.3 Å². The molecular weight excluding hydrogens is 288 g/mol. The summed E-state index contributed by atoms with van der Waals surface area (Å²) in [5, 5.41) is 4.92. The lowest BCUT2D eigenvalue weighted by molar-refractivity contribution is 0.0775. The minimum atomic E-state index is -0.165. The first kappa shape index (κ1) is 15.4. The Balaban J connectivity index is 2.24. The zero-order valence-corrected chi connectivity index (χ0v) is 13.2. The van der Waals surface area contributed by atoms with E-state index in [9.17, 15) is 4.79 Å². The fraction of sp³-hybridized carbons (Fsp3) is 0.333. The lowest BCUT2D eigenvalue weighted by Crippen LogP contribution is -2.28. The lowest BCUT2D eigenvalue weighted by atomic mass is 10.2. The first-order valence-electron chi connectivity index (χ1n) is 6.75. The van der Waals surface area contributed by atoms with Crippen LogP contribution in [0.1, 0.15) is 28.7 Å². The van der Waals surface area contributed by atoms with Crippen molar-refractivity contribution in [3.8, 4) is 0 Å². The Morgan fingerprint density at radius 2 is 2.10 bits per heavy atom. The summed E-state index contributed by atoms with van der Waals surface area (Å²) in [4.78, 5) is 14.2. The molecule has 0 saturated heterocycles. The number of anilines is 1. The molecule has 6 heteroatoms. The summed E-state index contributed by atoms with van der Waals surface area (Å²) in [5.74, 6) is -0.165. The van der Waals surface area contributed by atoms with Crippen LogP contribution in [0.2, 0.25) is 5.02 Å². The molecule has 1 aromatic heterocycles. The van der Waals surface area contributed by atoms with Gasteiger partial charge in [0, 0.05) is 25.7 Å². The van der Waals surface area contributed by atoms with Gasteiger partial charge in [0.25, 0.3) is 5.91 Å². The van der Waals surface area contributed by atoms with E-state index in [1.807, 2.05) is 31.2 Å². The van der Waals surface area contributed by atoms with Crippen LogP contribution >= 0.6 is 11.6 Å². The third kappa shape index (κ3) is 3.03. The predicted octanol–water partition coefficient (Wildman–Crippen LogP) is 2.49. The van der Waals surface area contributed by atoms with E-state index in [4.69, 9.17) is 17.3 Å². The Bertz CT molecular complexity index is 666. The van der Waals surface area contributed by atoms with Crippen molar-refractivity contribution < 1.29 is 4.79 Å². The van der Waals surface area contributed by atoms with Crippen molar-refractivity contribution >= 4 is 23.2 Å². The van der Waals surface area contributed by atoms with Gasteiger partial charge in [0.2, 0.25) is 0 Å². The third-order valence-electron chi connectivity index (χ3n) is 3.41. The third-order valence-corrected chi connectivity index (χ3v) is 3.78. The predicted molar refractivity (Wildman–Crippen MR) is 84.2 cm³/mol. The Hall–Kier alpha value is -2.01. The summed E-state index contributed by atoms with van der Waals surface area (Å²) >= 11 is 6.13. The van der Waals surface area contributed by atoms with Crippen LogP contribution in [0.4, 0.5) is 5.69 Å². The van der Waals surface area contributed by atoms with Crippen molar-refractivity contribution in [3.63, 3.8) is 0 Å². The number of nitrogen functional groups attached to an aromatic ring is 1. The minimum absolute atomic E-state index is 0.165. The molecule has 1 amide bonds. The van der Waals surface area contributed by atoms with Gasteiger partial charge in [0.15, 0.2) is 0 Å². The molecule has 0 unspecified atom stereocenters. The Kier molecular flexibility index (Phi) is 4.53. The van der Waals surface area contributed by atoms with Crippen molar-refractivity contribution in [3.05, 3.63) is 46.2 Å². The lowest BCUT2D eigenvalue weighted by Gasteiger charge is -2.18. The second-order valence-corrected chi connectivity index (χ2v) is 5.35. The Morgan fingerprint density at radius 1 is 1.43 bits per heavy atom. The second kappa shape index (κ2) is 6.18. The van der Waals surface area contributed by atoms with Gasteiger partial charge in [-0.05, 0) is 18.1 Å². The molecule has 21 heavy (non-hydrogen) atoms. The molecule has 0 fully saturated rings. The molecule has 0 bridgehead atoms. The van der Waals surface area contributed by atoms with Gasteiger partial charge in [-0.2, -0.15) is 5.10 Å². The summed E-state index contributed by atoms with van der Waals surface area (Å²) in [5.41, 5.74) is 8.53. The molecule has 0 atom stereocenters. The maximum Gasteiger partial charge on any atom is 0.274 e. The van der Waals surface area contributed by atoms with Gasteiger partial charge in [0.05, 0.1) is 11.4 Å². The number of nitrogens with zero attached hydrogens (tertiary/aromatic N) is 3. The van der Waals surface area contributed by atoms with Crippen LogP contribution in [0, 0.1) is 0 Å². The summed E-state index contributed by atoms with van der Waals surface area (Å²) < 4.78 is 1.54. The highest BCUT2D eigenvalue weighted by Gasteiger charge is 2.22. The number of rotatable bonds is 4. The fourth-order valence-corrected chi connectivity index (χ4v) is 2.44. The zero-order chi connectivity index (χ0) is 15.6. The molecule has 1 aromatic carbocycles. The van der Waals surface area contributed by atoms with Crippen molar-refractivity contribution in [1.29, 1.82) is 0 Å². The van der Waals surface area contributed by atoms with Crippen LogP contribution in [0.5, 0.6) is 0 Å². The van der Waals surface area contributed by atoms with Gasteiger partial charge in [-0.15, -0.1) is 0 Å². The second-order valence-electron chi connectivity index (χ2n) is 4.94. The van der Waals surface area contributed by atoms with Gasteiger partial charge in [-0.3, -0.25) is 9.48 Å². The van der Waals surface area contributed by atoms with E-state index in [0.29, 0.717) is 29.4 Å². The number of aryl methyl sites for hydroxylation is 2. The average molecular weight is 307 g/mol. The molecule has 112 valence electrons. The molecule has 0 aliphatic carbocycles. The van der Waals surface area contributed by atoms with E-state index in [1.54, 1.807) is 23.7 Å². The van der Waals surface area contributed by atoms with Gasteiger partial charge in [-0.25, -0.2) is 0 Å². The van der Waals surface area contributed by atoms with Crippen LogP contribution in [-0.2, 0) is 20.0 Å². The quantitative estimate of drug-likeness (QED) is 0.944. The normalized spacial score (nSPS) is 10.7. The number of carbonyl (C=O) groups is 1. The Labute approximate surface area is 129 Å². The molecular formula is C15H19ClN4O. The number of aromatic nitrogens is 2. The van der Waals surface area contributed by atoms with Gasteiger partial charge >= 0.3 is 0 Å². The zero-order valence-electron chi connectivity index (χ0n) is 12.4. The minimum Gasteiger partial charge on any atom is -0.395 e. The Morgan fingerprint density at radius 3 is 2.67 bits per heavy atom. The van der Waals surface area contributed by atoms with Crippen molar-refractivity contribution in [2.24, 2.45) is 7.05 Å². The number of benzene rings is 1. The summed E-state index contributed by atoms with van der Waals surface area (Å²) in [6.07, 6.45) is 0.696. The highest BCUT2D eigenvalue weighted by molar-refractivity contribution is 6.31. The van der Waals surface area contributed by atoms with Crippen LogP contribution in [0.25, 0.3) is 0 Å². The first-order chi connectivity index (χ1) is 9.95. The number of halogens is 1. The van der Waals surface area contributed by atoms with Crippen molar-refractivity contribution in [2.75, 3.05) is 12.8 Å². The molecule has 1 heterocycles. The topological polar surface area (TPSA) is 64.2 Å². The molecule has 2 N–H and O–H groups in total. The van der Waals surface area contributed by atoms with E-state index < -0.39 is 0 Å². The number of nitrogens with two attached hydrogens (primary N) is 1. The molecule has 2 rings (SSSR count). The van der Waals surface area contributed by atoms with E-state index in [1.165, 1.54) is 0 Å². The van der Waals surface area contributed by atoms with E-state index in [-0.39, 0.29) is 5.91 Å². The maximum absolute atomic E-state index is 12.6. The molecule has 0 aliphatic heterocycles. The smallest absolute Gasteiger partial charge is 0.274 e. The molecule has 2 aromatic rings.